The molecule has 0 fully saturated rings. The fourth-order valence-corrected chi connectivity index (χ4v) is 2.03. The summed E-state index contributed by atoms with van der Waals surface area (Å²) in [4.78, 5) is 4.28. The maximum Gasteiger partial charge on any atom is 0.137 e. The molecule has 0 atom stereocenters. The second-order valence-electron chi connectivity index (χ2n) is 3.85. The van der Waals surface area contributed by atoms with Crippen molar-refractivity contribution in [3.8, 4) is 11.3 Å². The molecule has 0 aliphatic rings. The molecule has 3 rings (SSSR count). The molecule has 0 radical (unpaired) electrons. The number of pyridine rings is 1. The molecule has 0 spiro atoms. The molecule has 1 N–H and O–H groups in total. The Morgan fingerprint density at radius 2 is 2.29 bits per heavy atom. The summed E-state index contributed by atoms with van der Waals surface area (Å²) in [6.45, 7) is 0.716. The van der Waals surface area contributed by atoms with Crippen molar-refractivity contribution < 1.29 is 4.42 Å². The van der Waals surface area contributed by atoms with Gasteiger partial charge in [-0.3, -0.25) is 4.40 Å². The standard InChI is InChI=1S/C13H13N3O/c1-14-9-12-10(5-8-17-12)11-3-2-4-13-15-6-7-16(11)13/h2-8,14H,9H2,1H3. The van der Waals surface area contributed by atoms with Crippen LogP contribution in [0, 0.1) is 0 Å². The average molecular weight is 227 g/mol. The van der Waals surface area contributed by atoms with Gasteiger partial charge in [0.25, 0.3) is 0 Å². The first-order chi connectivity index (χ1) is 8.40. The number of imidazole rings is 1. The van der Waals surface area contributed by atoms with E-state index in [1.165, 1.54) is 0 Å². The maximum absolute atomic E-state index is 5.49. The first kappa shape index (κ1) is 10.1. The third-order valence-electron chi connectivity index (χ3n) is 2.79. The normalized spacial score (nSPS) is 11.1. The zero-order chi connectivity index (χ0) is 11.7. The summed E-state index contributed by atoms with van der Waals surface area (Å²) in [6, 6.07) is 8.05. The lowest BCUT2D eigenvalue weighted by Gasteiger charge is -2.05. The lowest BCUT2D eigenvalue weighted by Crippen LogP contribution is -2.05. The van der Waals surface area contributed by atoms with Crippen LogP contribution in [0.25, 0.3) is 16.9 Å². The summed E-state index contributed by atoms with van der Waals surface area (Å²) in [5.74, 6) is 0.939. The van der Waals surface area contributed by atoms with Crippen molar-refractivity contribution in [3.63, 3.8) is 0 Å². The molecule has 3 heterocycles. The van der Waals surface area contributed by atoms with E-state index in [1.54, 1.807) is 12.5 Å². The molecule has 0 bridgehead atoms. The van der Waals surface area contributed by atoms with Crippen molar-refractivity contribution >= 4 is 5.65 Å². The van der Waals surface area contributed by atoms with Gasteiger partial charge in [-0.05, 0) is 25.2 Å². The molecule has 86 valence electrons. The number of hydrogen-bond acceptors (Lipinski definition) is 3. The molecule has 4 heteroatoms. The van der Waals surface area contributed by atoms with Crippen LogP contribution in [0.5, 0.6) is 0 Å². The Hall–Kier alpha value is -2.07. The third kappa shape index (κ3) is 1.62. The van der Waals surface area contributed by atoms with E-state index >= 15 is 0 Å². The molecular weight excluding hydrogens is 214 g/mol. The van der Waals surface area contributed by atoms with Crippen LogP contribution in [0.4, 0.5) is 0 Å². The smallest absolute Gasteiger partial charge is 0.137 e. The van der Waals surface area contributed by atoms with Gasteiger partial charge in [-0.1, -0.05) is 6.07 Å². The monoisotopic (exact) mass is 227 g/mol. The van der Waals surface area contributed by atoms with E-state index < -0.39 is 0 Å². The van der Waals surface area contributed by atoms with Gasteiger partial charge >= 0.3 is 0 Å². The highest BCUT2D eigenvalue weighted by molar-refractivity contribution is 5.65. The van der Waals surface area contributed by atoms with Crippen LogP contribution in [0.15, 0.2) is 47.3 Å². The Morgan fingerprint density at radius 1 is 1.35 bits per heavy atom. The SMILES string of the molecule is CNCc1occc1-c1cccc2nccn12. The fraction of sp³-hybridized carbons (Fsp3) is 0.154. The van der Waals surface area contributed by atoms with Crippen molar-refractivity contribution in [2.75, 3.05) is 7.05 Å². The Bertz CT molecular complexity index is 639. The van der Waals surface area contributed by atoms with Gasteiger partial charge in [0.1, 0.15) is 11.4 Å². The number of fused-ring (bicyclic) bond motifs is 1. The van der Waals surface area contributed by atoms with Crippen molar-refractivity contribution in [1.29, 1.82) is 0 Å². The van der Waals surface area contributed by atoms with Crippen LogP contribution in [-0.4, -0.2) is 16.4 Å². The first-order valence-electron chi connectivity index (χ1n) is 5.53. The highest BCUT2D eigenvalue weighted by atomic mass is 16.3. The minimum Gasteiger partial charge on any atom is -0.467 e. The van der Waals surface area contributed by atoms with Gasteiger partial charge in [-0.25, -0.2) is 4.98 Å². The maximum atomic E-state index is 5.49. The molecule has 0 saturated heterocycles. The van der Waals surface area contributed by atoms with Gasteiger partial charge < -0.3 is 9.73 Å². The van der Waals surface area contributed by atoms with Gasteiger partial charge in [0.05, 0.1) is 18.5 Å². The second kappa shape index (κ2) is 4.07. The molecular formula is C13H13N3O. The highest BCUT2D eigenvalue weighted by Gasteiger charge is 2.10. The van der Waals surface area contributed by atoms with Gasteiger partial charge in [-0.15, -0.1) is 0 Å². The van der Waals surface area contributed by atoms with Crippen LogP contribution in [-0.2, 0) is 6.54 Å². The zero-order valence-electron chi connectivity index (χ0n) is 9.55. The predicted molar refractivity (Wildman–Crippen MR) is 65.7 cm³/mol. The Labute approximate surface area is 98.9 Å². The van der Waals surface area contributed by atoms with Crippen LogP contribution < -0.4 is 5.32 Å². The number of hydrogen-bond donors (Lipinski definition) is 1. The van der Waals surface area contributed by atoms with Gasteiger partial charge in [0.2, 0.25) is 0 Å². The molecule has 0 aliphatic heterocycles. The van der Waals surface area contributed by atoms with E-state index in [2.05, 4.69) is 20.8 Å². The zero-order valence-corrected chi connectivity index (χ0v) is 9.55. The van der Waals surface area contributed by atoms with E-state index in [9.17, 15) is 0 Å². The Balaban J connectivity index is 2.20. The van der Waals surface area contributed by atoms with Gasteiger partial charge in [0, 0.05) is 18.0 Å². The van der Waals surface area contributed by atoms with E-state index in [0.29, 0.717) is 6.54 Å². The Morgan fingerprint density at radius 3 is 3.18 bits per heavy atom. The summed E-state index contributed by atoms with van der Waals surface area (Å²) < 4.78 is 7.55. The van der Waals surface area contributed by atoms with Gasteiger partial charge in [-0.2, -0.15) is 0 Å². The molecule has 4 nitrogen and oxygen atoms in total. The predicted octanol–water partition coefficient (Wildman–Crippen LogP) is 2.31. The molecule has 0 unspecified atom stereocenters. The third-order valence-corrected chi connectivity index (χ3v) is 2.79. The topological polar surface area (TPSA) is 42.5 Å². The minimum atomic E-state index is 0.716. The summed E-state index contributed by atoms with van der Waals surface area (Å²) in [6.07, 6.45) is 5.48. The molecule has 0 aliphatic carbocycles. The fourth-order valence-electron chi connectivity index (χ4n) is 2.03. The molecule has 17 heavy (non-hydrogen) atoms. The molecule has 3 aromatic rings. The van der Waals surface area contributed by atoms with E-state index in [0.717, 1.165) is 22.7 Å². The van der Waals surface area contributed by atoms with Gasteiger partial charge in [0.15, 0.2) is 0 Å². The van der Waals surface area contributed by atoms with Crippen LogP contribution in [0.2, 0.25) is 0 Å². The number of aromatic nitrogens is 2. The van der Waals surface area contributed by atoms with Crippen LogP contribution in [0.3, 0.4) is 0 Å². The number of furan rings is 1. The summed E-state index contributed by atoms with van der Waals surface area (Å²) in [5.41, 5.74) is 3.14. The number of rotatable bonds is 3. The molecule has 3 aromatic heterocycles. The van der Waals surface area contributed by atoms with E-state index in [-0.39, 0.29) is 0 Å². The second-order valence-corrected chi connectivity index (χ2v) is 3.85. The van der Waals surface area contributed by atoms with Crippen LogP contribution >= 0.6 is 0 Å². The van der Waals surface area contributed by atoms with Crippen molar-refractivity contribution in [2.45, 2.75) is 6.54 Å². The molecule has 0 saturated carbocycles. The first-order valence-corrected chi connectivity index (χ1v) is 5.53. The minimum absolute atomic E-state index is 0.716. The lowest BCUT2D eigenvalue weighted by molar-refractivity contribution is 0.496. The summed E-state index contributed by atoms with van der Waals surface area (Å²) in [7, 11) is 1.91. The van der Waals surface area contributed by atoms with Crippen LogP contribution in [0.1, 0.15) is 5.76 Å². The summed E-state index contributed by atoms with van der Waals surface area (Å²) in [5, 5.41) is 3.10. The quantitative estimate of drug-likeness (QED) is 0.746. The van der Waals surface area contributed by atoms with Crippen molar-refractivity contribution in [1.82, 2.24) is 14.7 Å². The molecule has 0 aromatic carbocycles. The molecule has 0 amide bonds. The highest BCUT2D eigenvalue weighted by Crippen LogP contribution is 2.25. The van der Waals surface area contributed by atoms with Crippen molar-refractivity contribution in [3.05, 3.63) is 48.7 Å². The number of nitrogens with zero attached hydrogens (tertiary/aromatic N) is 2. The van der Waals surface area contributed by atoms with E-state index in [4.69, 9.17) is 4.42 Å². The average Bonchev–Trinajstić information content (AvgIpc) is 2.96. The van der Waals surface area contributed by atoms with E-state index in [1.807, 2.05) is 31.4 Å². The largest absolute Gasteiger partial charge is 0.467 e. The van der Waals surface area contributed by atoms with Crippen molar-refractivity contribution in [2.24, 2.45) is 0 Å². The lowest BCUT2D eigenvalue weighted by atomic mass is 10.1. The summed E-state index contributed by atoms with van der Waals surface area (Å²) >= 11 is 0. The number of nitrogens with one attached hydrogen (secondary N) is 1. The Kier molecular flexibility index (Phi) is 2.42.